The lowest BCUT2D eigenvalue weighted by Crippen LogP contribution is -2.10. The fourth-order valence-electron chi connectivity index (χ4n) is 3.46. The van der Waals surface area contributed by atoms with E-state index in [2.05, 4.69) is 25.1 Å². The van der Waals surface area contributed by atoms with Gasteiger partial charge in [0.25, 0.3) is 0 Å². The molecule has 118 valence electrons. The molecule has 1 aromatic rings. The van der Waals surface area contributed by atoms with Gasteiger partial charge in [0.2, 0.25) is 0 Å². The summed E-state index contributed by atoms with van der Waals surface area (Å²) < 4.78 is 0. The molecule has 1 nitrogen and oxygen atoms in total. The van der Waals surface area contributed by atoms with Crippen molar-refractivity contribution in [2.75, 3.05) is 0 Å². The average Bonchev–Trinajstić information content (AvgIpc) is 2.94. The van der Waals surface area contributed by atoms with Crippen molar-refractivity contribution in [3.05, 3.63) is 34.9 Å². The van der Waals surface area contributed by atoms with Crippen molar-refractivity contribution in [1.29, 1.82) is 0 Å². The van der Waals surface area contributed by atoms with Crippen LogP contribution in [-0.2, 0) is 19.3 Å². The van der Waals surface area contributed by atoms with Crippen LogP contribution in [0, 0.1) is 0 Å². The van der Waals surface area contributed by atoms with Gasteiger partial charge in [-0.3, -0.25) is 0 Å². The number of aryl methyl sites for hydroxylation is 2. The van der Waals surface area contributed by atoms with Crippen molar-refractivity contribution >= 4 is 0 Å². The predicted molar refractivity (Wildman–Crippen MR) is 90.8 cm³/mol. The van der Waals surface area contributed by atoms with Crippen LogP contribution in [0.5, 0.6) is 0 Å². The predicted octanol–water partition coefficient (Wildman–Crippen LogP) is 5.22. The molecular formula is C20H32O. The fraction of sp³-hybridized carbons (Fsp3) is 0.700. The van der Waals surface area contributed by atoms with Gasteiger partial charge < -0.3 is 5.11 Å². The molecule has 0 bridgehead atoms. The van der Waals surface area contributed by atoms with E-state index in [-0.39, 0.29) is 6.10 Å². The number of hydrogen-bond donors (Lipinski definition) is 1. The van der Waals surface area contributed by atoms with Crippen molar-refractivity contribution in [3.63, 3.8) is 0 Å². The molecule has 1 atom stereocenters. The number of aliphatic hydroxyl groups excluding tert-OH is 1. The smallest absolute Gasteiger partial charge is 0.0580 e. The Labute approximate surface area is 130 Å². The van der Waals surface area contributed by atoms with Gasteiger partial charge in [-0.25, -0.2) is 0 Å². The summed E-state index contributed by atoms with van der Waals surface area (Å²) in [5.41, 5.74) is 4.38. The van der Waals surface area contributed by atoms with Gasteiger partial charge in [-0.1, -0.05) is 70.1 Å². The molecule has 0 aliphatic heterocycles. The molecule has 1 heteroatoms. The molecule has 21 heavy (non-hydrogen) atoms. The Hall–Kier alpha value is -0.820. The number of rotatable bonds is 10. The second-order valence-corrected chi connectivity index (χ2v) is 6.72. The first-order chi connectivity index (χ1) is 10.3. The van der Waals surface area contributed by atoms with Crippen molar-refractivity contribution in [1.82, 2.24) is 0 Å². The molecule has 1 aliphatic carbocycles. The van der Waals surface area contributed by atoms with Gasteiger partial charge in [0.05, 0.1) is 6.10 Å². The first-order valence-corrected chi connectivity index (χ1v) is 9.08. The van der Waals surface area contributed by atoms with Gasteiger partial charge in [0.15, 0.2) is 0 Å². The lowest BCUT2D eigenvalue weighted by molar-refractivity contribution is 0.161. The van der Waals surface area contributed by atoms with Crippen LogP contribution in [-0.4, -0.2) is 11.2 Å². The first-order valence-electron chi connectivity index (χ1n) is 9.08. The zero-order chi connectivity index (χ0) is 14.9. The maximum absolute atomic E-state index is 10.2. The van der Waals surface area contributed by atoms with Crippen molar-refractivity contribution in [2.24, 2.45) is 0 Å². The highest BCUT2D eigenvalue weighted by atomic mass is 16.3. The summed E-state index contributed by atoms with van der Waals surface area (Å²) in [6.07, 6.45) is 14.7. The van der Waals surface area contributed by atoms with Crippen LogP contribution in [0.15, 0.2) is 18.2 Å². The van der Waals surface area contributed by atoms with Crippen LogP contribution in [0.4, 0.5) is 0 Å². The summed E-state index contributed by atoms with van der Waals surface area (Å²) in [7, 11) is 0. The number of aliphatic hydroxyl groups is 1. The molecule has 1 aliphatic rings. The molecule has 1 unspecified atom stereocenters. The normalized spacial score (nSPS) is 15.1. The summed E-state index contributed by atoms with van der Waals surface area (Å²) in [5.74, 6) is 0. The first kappa shape index (κ1) is 16.5. The van der Waals surface area contributed by atoms with Gasteiger partial charge in [-0.15, -0.1) is 0 Å². The van der Waals surface area contributed by atoms with Gasteiger partial charge in [-0.05, 0) is 48.8 Å². The Bertz CT molecular complexity index is 410. The van der Waals surface area contributed by atoms with Crippen molar-refractivity contribution in [2.45, 2.75) is 90.1 Å². The van der Waals surface area contributed by atoms with E-state index in [1.54, 1.807) is 0 Å². The Morgan fingerprint density at radius 3 is 2.48 bits per heavy atom. The highest BCUT2D eigenvalue weighted by molar-refractivity contribution is 5.35. The molecule has 0 aromatic heterocycles. The van der Waals surface area contributed by atoms with E-state index in [1.807, 2.05) is 0 Å². The van der Waals surface area contributed by atoms with E-state index in [4.69, 9.17) is 0 Å². The van der Waals surface area contributed by atoms with E-state index < -0.39 is 0 Å². The maximum atomic E-state index is 10.2. The van der Waals surface area contributed by atoms with Gasteiger partial charge in [0.1, 0.15) is 0 Å². The second-order valence-electron chi connectivity index (χ2n) is 6.72. The minimum absolute atomic E-state index is 0.153. The molecule has 0 saturated carbocycles. The Balaban J connectivity index is 1.60. The SMILES string of the molecule is CCCCCCCCCC(O)Cc1ccc2c(c1)CCC2. The third-order valence-electron chi connectivity index (χ3n) is 4.78. The van der Waals surface area contributed by atoms with Gasteiger partial charge >= 0.3 is 0 Å². The summed E-state index contributed by atoms with van der Waals surface area (Å²) >= 11 is 0. The van der Waals surface area contributed by atoms with Crippen LogP contribution in [0.1, 0.15) is 81.4 Å². The van der Waals surface area contributed by atoms with E-state index >= 15 is 0 Å². The molecule has 0 spiro atoms. The molecule has 1 N–H and O–H groups in total. The minimum atomic E-state index is -0.153. The fourth-order valence-corrected chi connectivity index (χ4v) is 3.46. The lowest BCUT2D eigenvalue weighted by atomic mass is 9.99. The number of unbranched alkanes of at least 4 members (excludes halogenated alkanes) is 6. The number of benzene rings is 1. The van der Waals surface area contributed by atoms with Crippen LogP contribution in [0.2, 0.25) is 0 Å². The highest BCUT2D eigenvalue weighted by Crippen LogP contribution is 2.23. The van der Waals surface area contributed by atoms with Gasteiger partial charge in [0, 0.05) is 0 Å². The zero-order valence-electron chi connectivity index (χ0n) is 13.7. The molecule has 0 fully saturated rings. The molecule has 1 aromatic carbocycles. The van der Waals surface area contributed by atoms with Crippen LogP contribution >= 0.6 is 0 Å². The molecule has 2 rings (SSSR count). The van der Waals surface area contributed by atoms with Crippen molar-refractivity contribution in [3.8, 4) is 0 Å². The maximum Gasteiger partial charge on any atom is 0.0580 e. The lowest BCUT2D eigenvalue weighted by Gasteiger charge is -2.12. The average molecular weight is 288 g/mol. The Morgan fingerprint density at radius 1 is 0.952 bits per heavy atom. The summed E-state index contributed by atoms with van der Waals surface area (Å²) in [4.78, 5) is 0. The second kappa shape index (κ2) is 9.25. The molecule has 0 heterocycles. The van der Waals surface area contributed by atoms with E-state index in [0.717, 1.165) is 12.8 Å². The standard InChI is InChI=1S/C20H32O/c1-2-3-4-5-6-7-8-12-20(21)16-17-13-14-18-10-9-11-19(18)15-17/h13-15,20-21H,2-12,16H2,1H3. The van der Waals surface area contributed by atoms with Crippen molar-refractivity contribution < 1.29 is 5.11 Å². The molecular weight excluding hydrogens is 256 g/mol. The third kappa shape index (κ3) is 5.82. The zero-order valence-corrected chi connectivity index (χ0v) is 13.7. The summed E-state index contributed by atoms with van der Waals surface area (Å²) in [6, 6.07) is 6.83. The van der Waals surface area contributed by atoms with E-state index in [1.165, 1.54) is 80.9 Å². The van der Waals surface area contributed by atoms with Crippen LogP contribution < -0.4 is 0 Å². The summed E-state index contributed by atoms with van der Waals surface area (Å²) in [5, 5.41) is 10.2. The molecule has 0 amide bonds. The van der Waals surface area contributed by atoms with Crippen LogP contribution in [0.3, 0.4) is 0 Å². The molecule has 0 radical (unpaired) electrons. The highest BCUT2D eigenvalue weighted by Gasteiger charge is 2.12. The van der Waals surface area contributed by atoms with E-state index in [0.29, 0.717) is 0 Å². The third-order valence-corrected chi connectivity index (χ3v) is 4.78. The Kier molecular flexibility index (Phi) is 7.29. The topological polar surface area (TPSA) is 20.2 Å². The van der Waals surface area contributed by atoms with E-state index in [9.17, 15) is 5.11 Å². The minimum Gasteiger partial charge on any atom is -0.393 e. The van der Waals surface area contributed by atoms with Crippen LogP contribution in [0.25, 0.3) is 0 Å². The summed E-state index contributed by atoms with van der Waals surface area (Å²) in [6.45, 7) is 2.26. The van der Waals surface area contributed by atoms with Gasteiger partial charge in [-0.2, -0.15) is 0 Å². The molecule has 0 saturated heterocycles. The number of fused-ring (bicyclic) bond motifs is 1. The monoisotopic (exact) mass is 288 g/mol. The largest absolute Gasteiger partial charge is 0.393 e. The quantitative estimate of drug-likeness (QED) is 0.585. The Morgan fingerprint density at radius 2 is 1.67 bits per heavy atom. The number of hydrogen-bond acceptors (Lipinski definition) is 1.